The monoisotopic (exact) mass is 555 g/mol. The first kappa shape index (κ1) is 39.3. The van der Waals surface area contributed by atoms with Crippen molar-refractivity contribution in [1.29, 1.82) is 0 Å². The van der Waals surface area contributed by atoms with E-state index in [1.54, 1.807) is 0 Å². The van der Waals surface area contributed by atoms with E-state index in [2.05, 4.69) is 88.1 Å². The number of allylic oxidation sites excluding steroid dienone is 1. The highest BCUT2D eigenvalue weighted by Crippen LogP contribution is 2.27. The molecule has 0 bridgehead atoms. The first-order chi connectivity index (χ1) is 19.5. The van der Waals surface area contributed by atoms with Crippen LogP contribution in [0.25, 0.3) is 23.0 Å². The summed E-state index contributed by atoms with van der Waals surface area (Å²) in [6, 6.07) is 6.37. The number of imidazole rings is 1. The molecule has 1 fully saturated rings. The number of nitrogens with one attached hydrogen (secondary N) is 2. The molecule has 1 aliphatic heterocycles. The minimum absolute atomic E-state index is 0.0512. The lowest BCUT2D eigenvalue weighted by atomic mass is 10.00. The highest BCUT2D eigenvalue weighted by atomic mass is 16.6. The van der Waals surface area contributed by atoms with Gasteiger partial charge in [-0.3, -0.25) is 0 Å². The molecule has 0 saturated carbocycles. The maximum Gasteiger partial charge on any atom is 0.154 e. The topological polar surface area (TPSA) is 79.4 Å². The van der Waals surface area contributed by atoms with Gasteiger partial charge in [-0.2, -0.15) is 0 Å². The number of aromatic amines is 1. The van der Waals surface area contributed by atoms with Gasteiger partial charge in [0, 0.05) is 17.8 Å². The Morgan fingerprint density at radius 1 is 1.10 bits per heavy atom. The maximum absolute atomic E-state index is 9.55. The van der Waals surface area contributed by atoms with Crippen molar-refractivity contribution >= 4 is 11.8 Å². The lowest BCUT2D eigenvalue weighted by Crippen LogP contribution is -2.37. The largest absolute Gasteiger partial charge is 0.392 e. The quantitative estimate of drug-likeness (QED) is 0.274. The van der Waals surface area contributed by atoms with Crippen LogP contribution in [-0.4, -0.2) is 54.2 Å². The zero-order valence-corrected chi connectivity index (χ0v) is 27.0. The second-order valence-corrected chi connectivity index (χ2v) is 8.63. The molecule has 1 saturated heterocycles. The average molecular weight is 556 g/mol. The van der Waals surface area contributed by atoms with Crippen molar-refractivity contribution in [3.8, 4) is 24.1 Å². The zero-order valence-electron chi connectivity index (χ0n) is 27.0. The number of hydrogen-bond donors (Lipinski definition) is 3. The second-order valence-electron chi connectivity index (χ2n) is 8.63. The van der Waals surface area contributed by atoms with Gasteiger partial charge in [0.1, 0.15) is 0 Å². The fourth-order valence-electron chi connectivity index (χ4n) is 3.63. The van der Waals surface area contributed by atoms with E-state index in [4.69, 9.17) is 14.5 Å². The van der Waals surface area contributed by atoms with E-state index in [0.29, 0.717) is 26.4 Å². The van der Waals surface area contributed by atoms with Crippen molar-refractivity contribution in [2.24, 2.45) is 0 Å². The van der Waals surface area contributed by atoms with E-state index >= 15 is 0 Å². The molecule has 2 heterocycles. The van der Waals surface area contributed by atoms with Gasteiger partial charge in [-0.1, -0.05) is 86.1 Å². The van der Waals surface area contributed by atoms with E-state index in [9.17, 15) is 5.11 Å². The molecule has 0 radical (unpaired) electrons. The van der Waals surface area contributed by atoms with Gasteiger partial charge in [0.05, 0.1) is 43.9 Å². The number of benzene rings is 1. The third-order valence-electron chi connectivity index (χ3n) is 5.52. The van der Waals surface area contributed by atoms with Gasteiger partial charge in [0.25, 0.3) is 0 Å². The summed E-state index contributed by atoms with van der Waals surface area (Å²) in [5, 5.41) is 13.0. The molecular weight excluding hydrogens is 498 g/mol. The molecule has 6 nitrogen and oxygen atoms in total. The Hall–Kier alpha value is -2.85. The molecule has 3 N–H and O–H groups in total. The van der Waals surface area contributed by atoms with E-state index in [0.717, 1.165) is 52.5 Å². The van der Waals surface area contributed by atoms with Crippen LogP contribution in [-0.2, 0) is 9.47 Å². The van der Waals surface area contributed by atoms with Gasteiger partial charge >= 0.3 is 0 Å². The van der Waals surface area contributed by atoms with Crippen molar-refractivity contribution in [2.75, 3.05) is 33.0 Å². The SMILES string of the molecule is C#C.CC.CC.CC/C=C(\NCC1COCCO1)c1nc(-c2ccc(C)c(/C=C(\CC)CO)c2)c(C)[nH]1.CCC. The van der Waals surface area contributed by atoms with Gasteiger partial charge in [0.2, 0.25) is 0 Å². The number of ether oxygens (including phenoxy) is 2. The Morgan fingerprint density at radius 3 is 2.27 bits per heavy atom. The standard InChI is InChI=1S/C25H35N3O3.C3H8.2C2H6.C2H2/c1-5-7-23(26-14-22-16-30-10-11-31-22)25-27-18(4)24(28-25)20-9-8-17(3)21(13-20)12-19(6-2)15-29;1-3-2;3*1-2/h7-9,12-13,22,26,29H,5-6,10-11,14-16H2,1-4H3,(H,27,28);3H2,1-2H3;2*1-2H3;1-2H/b19-12+,23-7-;;;;. The molecule has 3 rings (SSSR count). The van der Waals surface area contributed by atoms with Crippen LogP contribution < -0.4 is 5.32 Å². The van der Waals surface area contributed by atoms with Gasteiger partial charge in [-0.05, 0) is 49.5 Å². The first-order valence-electron chi connectivity index (χ1n) is 14.9. The molecule has 1 aromatic carbocycles. The fraction of sp³-hybridized carbons (Fsp3) is 0.559. The summed E-state index contributed by atoms with van der Waals surface area (Å²) < 4.78 is 11.2. The summed E-state index contributed by atoms with van der Waals surface area (Å²) in [6.45, 7) is 23.3. The van der Waals surface area contributed by atoms with Crippen LogP contribution in [0, 0.1) is 26.7 Å². The molecule has 0 aliphatic carbocycles. The molecular formula is C34H57N3O3. The molecule has 226 valence electrons. The summed E-state index contributed by atoms with van der Waals surface area (Å²) in [6.07, 6.45) is 15.3. The third-order valence-corrected chi connectivity index (χ3v) is 5.52. The minimum Gasteiger partial charge on any atom is -0.392 e. The normalized spacial score (nSPS) is 14.6. The van der Waals surface area contributed by atoms with E-state index in [1.165, 1.54) is 12.0 Å². The van der Waals surface area contributed by atoms with Crippen LogP contribution in [0.2, 0.25) is 0 Å². The van der Waals surface area contributed by atoms with E-state index < -0.39 is 0 Å². The van der Waals surface area contributed by atoms with Gasteiger partial charge < -0.3 is 24.9 Å². The highest BCUT2D eigenvalue weighted by Gasteiger charge is 2.17. The Balaban J connectivity index is 0. The van der Waals surface area contributed by atoms with Crippen LogP contribution in [0.5, 0.6) is 0 Å². The maximum atomic E-state index is 9.55. The van der Waals surface area contributed by atoms with Crippen LogP contribution in [0.1, 0.15) is 97.3 Å². The molecule has 2 aromatic rings. The summed E-state index contributed by atoms with van der Waals surface area (Å²) in [4.78, 5) is 8.37. The molecule has 1 unspecified atom stereocenters. The minimum atomic E-state index is 0.0512. The summed E-state index contributed by atoms with van der Waals surface area (Å²) >= 11 is 0. The number of aliphatic hydroxyl groups excluding tert-OH is 1. The van der Waals surface area contributed by atoms with Crippen molar-refractivity contribution in [3.05, 3.63) is 52.5 Å². The third kappa shape index (κ3) is 14.0. The number of nitrogens with zero attached hydrogens (tertiary/aromatic N) is 1. The van der Waals surface area contributed by atoms with Crippen molar-refractivity contribution < 1.29 is 14.6 Å². The zero-order chi connectivity index (χ0) is 30.9. The molecule has 1 aromatic heterocycles. The van der Waals surface area contributed by atoms with Gasteiger partial charge in [-0.15, -0.1) is 12.8 Å². The van der Waals surface area contributed by atoms with Crippen molar-refractivity contribution in [3.63, 3.8) is 0 Å². The van der Waals surface area contributed by atoms with Crippen LogP contribution >= 0.6 is 0 Å². The Bertz CT molecular complexity index is 978. The lowest BCUT2D eigenvalue weighted by molar-refractivity contribution is -0.0851. The van der Waals surface area contributed by atoms with E-state index in [1.807, 2.05) is 34.6 Å². The van der Waals surface area contributed by atoms with Crippen LogP contribution in [0.4, 0.5) is 0 Å². The first-order valence-corrected chi connectivity index (χ1v) is 14.9. The second kappa shape index (κ2) is 25.1. The summed E-state index contributed by atoms with van der Waals surface area (Å²) in [7, 11) is 0. The molecule has 0 spiro atoms. The number of aliphatic hydroxyl groups is 1. The lowest BCUT2D eigenvalue weighted by Gasteiger charge is -2.23. The van der Waals surface area contributed by atoms with Gasteiger partial charge in [-0.25, -0.2) is 4.98 Å². The molecule has 40 heavy (non-hydrogen) atoms. The molecule has 1 atom stereocenters. The number of hydrogen-bond acceptors (Lipinski definition) is 5. The van der Waals surface area contributed by atoms with Crippen molar-refractivity contribution in [1.82, 2.24) is 15.3 Å². The number of terminal acetylenes is 1. The van der Waals surface area contributed by atoms with Gasteiger partial charge in [0.15, 0.2) is 5.82 Å². The highest BCUT2D eigenvalue weighted by molar-refractivity contribution is 5.71. The van der Waals surface area contributed by atoms with Crippen LogP contribution in [0.15, 0.2) is 29.8 Å². The van der Waals surface area contributed by atoms with Crippen molar-refractivity contribution in [2.45, 2.75) is 94.6 Å². The predicted molar refractivity (Wildman–Crippen MR) is 174 cm³/mol. The Labute approximate surface area is 245 Å². The molecule has 0 amide bonds. The molecule has 6 heteroatoms. The Kier molecular flexibility index (Phi) is 24.7. The smallest absolute Gasteiger partial charge is 0.154 e. The summed E-state index contributed by atoms with van der Waals surface area (Å²) in [5.41, 5.74) is 7.31. The number of aromatic nitrogens is 2. The number of rotatable bonds is 9. The molecule has 1 aliphatic rings. The fourth-order valence-corrected chi connectivity index (χ4v) is 3.63. The Morgan fingerprint density at radius 2 is 1.75 bits per heavy atom. The predicted octanol–water partition coefficient (Wildman–Crippen LogP) is 7.95. The van der Waals surface area contributed by atoms with Crippen LogP contribution in [0.3, 0.4) is 0 Å². The summed E-state index contributed by atoms with van der Waals surface area (Å²) in [5.74, 6) is 0.827. The average Bonchev–Trinajstić information content (AvgIpc) is 3.40. The number of H-pyrrole nitrogens is 1. The number of aryl methyl sites for hydroxylation is 2. The van der Waals surface area contributed by atoms with E-state index in [-0.39, 0.29) is 12.7 Å².